The summed E-state index contributed by atoms with van der Waals surface area (Å²) in [7, 11) is -2.48. The molecule has 0 aliphatic carbocycles. The second kappa shape index (κ2) is 10.6. The van der Waals surface area contributed by atoms with Crippen LogP contribution in [0.2, 0.25) is 0 Å². The van der Waals surface area contributed by atoms with Crippen molar-refractivity contribution in [2.45, 2.75) is 18.2 Å². The van der Waals surface area contributed by atoms with Gasteiger partial charge in [-0.25, -0.2) is 8.42 Å². The predicted octanol–water partition coefficient (Wildman–Crippen LogP) is 3.56. The number of hydrogen-bond donors (Lipinski definition) is 3. The standard InChI is InChI=1S/C24H25N3O5S/c1-17-12-13-19(26-23(28)14-15-25-24(29)18-8-4-3-5-9-18)16-22(17)33(30,31)27-20-10-6-7-11-21(20)32-2/h3-13,16,27H,14-15H2,1-2H3,(H,25,29)(H,26,28). The largest absolute Gasteiger partial charge is 0.495 e. The second-order valence-electron chi connectivity index (χ2n) is 7.21. The van der Waals surface area contributed by atoms with E-state index in [9.17, 15) is 18.0 Å². The quantitative estimate of drug-likeness (QED) is 0.445. The molecule has 0 heterocycles. The van der Waals surface area contributed by atoms with Crippen molar-refractivity contribution in [2.24, 2.45) is 0 Å². The third-order valence-corrected chi connectivity index (χ3v) is 6.29. The van der Waals surface area contributed by atoms with E-state index in [4.69, 9.17) is 4.74 Å². The fraction of sp³-hybridized carbons (Fsp3) is 0.167. The Morgan fingerprint density at radius 2 is 1.64 bits per heavy atom. The lowest BCUT2D eigenvalue weighted by Gasteiger charge is -2.14. The van der Waals surface area contributed by atoms with Gasteiger partial charge in [0, 0.05) is 24.2 Å². The average molecular weight is 468 g/mol. The molecule has 0 radical (unpaired) electrons. The number of methoxy groups -OCH3 is 1. The molecule has 0 saturated carbocycles. The molecular formula is C24H25N3O5S. The first-order valence-corrected chi connectivity index (χ1v) is 11.7. The van der Waals surface area contributed by atoms with Crippen LogP contribution >= 0.6 is 0 Å². The lowest BCUT2D eigenvalue weighted by molar-refractivity contribution is -0.116. The van der Waals surface area contributed by atoms with Crippen molar-refractivity contribution < 1.29 is 22.7 Å². The smallest absolute Gasteiger partial charge is 0.262 e. The van der Waals surface area contributed by atoms with Gasteiger partial charge in [0.15, 0.2) is 0 Å². The highest BCUT2D eigenvalue weighted by molar-refractivity contribution is 7.92. The van der Waals surface area contributed by atoms with E-state index < -0.39 is 10.0 Å². The molecule has 0 atom stereocenters. The van der Waals surface area contributed by atoms with Gasteiger partial charge in [-0.15, -0.1) is 0 Å². The fourth-order valence-corrected chi connectivity index (χ4v) is 4.44. The van der Waals surface area contributed by atoms with Gasteiger partial charge in [-0.1, -0.05) is 36.4 Å². The van der Waals surface area contributed by atoms with Gasteiger partial charge in [0.2, 0.25) is 5.91 Å². The number of anilines is 2. The van der Waals surface area contributed by atoms with Crippen molar-refractivity contribution in [3.05, 3.63) is 83.9 Å². The first kappa shape index (κ1) is 23.8. The molecule has 33 heavy (non-hydrogen) atoms. The molecule has 9 heteroatoms. The summed E-state index contributed by atoms with van der Waals surface area (Å²) in [5.74, 6) is -0.233. The van der Waals surface area contributed by atoms with Crippen molar-refractivity contribution in [1.29, 1.82) is 0 Å². The van der Waals surface area contributed by atoms with Gasteiger partial charge in [0.1, 0.15) is 5.75 Å². The highest BCUT2D eigenvalue weighted by Gasteiger charge is 2.20. The average Bonchev–Trinajstić information content (AvgIpc) is 2.81. The van der Waals surface area contributed by atoms with Crippen molar-refractivity contribution in [1.82, 2.24) is 5.32 Å². The van der Waals surface area contributed by atoms with Gasteiger partial charge < -0.3 is 15.4 Å². The number of nitrogens with one attached hydrogen (secondary N) is 3. The normalized spacial score (nSPS) is 10.8. The van der Waals surface area contributed by atoms with E-state index in [2.05, 4.69) is 15.4 Å². The van der Waals surface area contributed by atoms with E-state index in [0.717, 1.165) is 0 Å². The zero-order valence-electron chi connectivity index (χ0n) is 18.3. The number of sulfonamides is 1. The summed E-state index contributed by atoms with van der Waals surface area (Å²) in [6, 6.07) is 20.0. The first-order valence-electron chi connectivity index (χ1n) is 10.2. The summed E-state index contributed by atoms with van der Waals surface area (Å²) < 4.78 is 33.7. The molecule has 0 spiro atoms. The van der Waals surface area contributed by atoms with Gasteiger partial charge in [-0.3, -0.25) is 14.3 Å². The number of aryl methyl sites for hydroxylation is 1. The van der Waals surface area contributed by atoms with Crippen LogP contribution in [-0.4, -0.2) is 33.9 Å². The lowest BCUT2D eigenvalue weighted by Crippen LogP contribution is -2.27. The Balaban J connectivity index is 1.64. The highest BCUT2D eigenvalue weighted by atomic mass is 32.2. The number of amides is 2. The number of ether oxygens (including phenoxy) is 1. The van der Waals surface area contributed by atoms with Gasteiger partial charge in [-0.2, -0.15) is 0 Å². The molecule has 0 fully saturated rings. The Bertz CT molecular complexity index is 1240. The zero-order valence-corrected chi connectivity index (χ0v) is 19.1. The molecule has 0 saturated heterocycles. The predicted molar refractivity (Wildman–Crippen MR) is 127 cm³/mol. The Morgan fingerprint density at radius 3 is 2.36 bits per heavy atom. The van der Waals surface area contributed by atoms with E-state index in [1.807, 2.05) is 6.07 Å². The number of hydrogen-bond acceptors (Lipinski definition) is 5. The zero-order chi connectivity index (χ0) is 23.8. The molecule has 172 valence electrons. The molecule has 3 rings (SSSR count). The third-order valence-electron chi connectivity index (χ3n) is 4.79. The summed E-state index contributed by atoms with van der Waals surface area (Å²) in [4.78, 5) is 24.4. The van der Waals surface area contributed by atoms with Crippen molar-refractivity contribution in [2.75, 3.05) is 23.7 Å². The summed E-state index contributed by atoms with van der Waals surface area (Å²) in [5.41, 5.74) is 1.67. The number of carbonyl (C=O) groups excluding carboxylic acids is 2. The number of carbonyl (C=O) groups is 2. The van der Waals surface area contributed by atoms with Crippen LogP contribution in [-0.2, 0) is 14.8 Å². The van der Waals surface area contributed by atoms with Crippen LogP contribution < -0.4 is 20.1 Å². The summed E-state index contributed by atoms with van der Waals surface area (Å²) >= 11 is 0. The summed E-state index contributed by atoms with van der Waals surface area (Å²) in [5, 5.41) is 5.36. The Morgan fingerprint density at radius 1 is 0.939 bits per heavy atom. The number of rotatable bonds is 9. The molecule has 0 aliphatic heterocycles. The van der Waals surface area contributed by atoms with Crippen LogP contribution in [0, 0.1) is 6.92 Å². The molecule has 0 unspecified atom stereocenters. The van der Waals surface area contributed by atoms with E-state index in [-0.39, 0.29) is 29.7 Å². The lowest BCUT2D eigenvalue weighted by atomic mass is 10.2. The van der Waals surface area contributed by atoms with Gasteiger partial charge in [0.05, 0.1) is 17.7 Å². The number of benzene rings is 3. The minimum absolute atomic E-state index is 0.0311. The third kappa shape index (κ3) is 6.33. The fourth-order valence-electron chi connectivity index (χ4n) is 3.10. The monoisotopic (exact) mass is 467 g/mol. The highest BCUT2D eigenvalue weighted by Crippen LogP contribution is 2.28. The minimum Gasteiger partial charge on any atom is -0.495 e. The van der Waals surface area contributed by atoms with Crippen LogP contribution in [0.4, 0.5) is 11.4 Å². The SMILES string of the molecule is COc1ccccc1NS(=O)(=O)c1cc(NC(=O)CCNC(=O)c2ccccc2)ccc1C. The molecule has 3 aromatic rings. The van der Waals surface area contributed by atoms with Gasteiger partial charge in [-0.05, 0) is 48.9 Å². The maximum atomic E-state index is 13.0. The molecular weight excluding hydrogens is 442 g/mol. The summed E-state index contributed by atoms with van der Waals surface area (Å²) in [6.45, 7) is 1.81. The van der Waals surface area contributed by atoms with Gasteiger partial charge in [0.25, 0.3) is 15.9 Å². The van der Waals surface area contributed by atoms with E-state index in [0.29, 0.717) is 28.3 Å². The molecule has 3 aromatic carbocycles. The first-order chi connectivity index (χ1) is 15.8. The number of para-hydroxylation sites is 2. The van der Waals surface area contributed by atoms with Crippen LogP contribution in [0.5, 0.6) is 5.75 Å². The molecule has 3 N–H and O–H groups in total. The maximum Gasteiger partial charge on any atom is 0.262 e. The maximum absolute atomic E-state index is 13.0. The topological polar surface area (TPSA) is 114 Å². The molecule has 0 aliphatic rings. The van der Waals surface area contributed by atoms with E-state index >= 15 is 0 Å². The molecule has 2 amide bonds. The Labute approximate surface area is 193 Å². The van der Waals surface area contributed by atoms with Crippen LogP contribution in [0.1, 0.15) is 22.3 Å². The van der Waals surface area contributed by atoms with Crippen LogP contribution in [0.15, 0.2) is 77.7 Å². The van der Waals surface area contributed by atoms with Crippen molar-refractivity contribution in [3.63, 3.8) is 0 Å². The minimum atomic E-state index is -3.93. The van der Waals surface area contributed by atoms with Gasteiger partial charge >= 0.3 is 0 Å². The molecule has 0 aromatic heterocycles. The van der Waals surface area contributed by atoms with Crippen LogP contribution in [0.3, 0.4) is 0 Å². The van der Waals surface area contributed by atoms with Crippen molar-refractivity contribution >= 4 is 33.2 Å². The summed E-state index contributed by atoms with van der Waals surface area (Å²) in [6.07, 6.45) is 0.0357. The second-order valence-corrected chi connectivity index (χ2v) is 8.86. The molecule has 0 bridgehead atoms. The van der Waals surface area contributed by atoms with E-state index in [1.165, 1.54) is 13.2 Å². The van der Waals surface area contributed by atoms with Crippen molar-refractivity contribution in [3.8, 4) is 5.75 Å². The Hall–Kier alpha value is -3.85. The van der Waals surface area contributed by atoms with E-state index in [1.54, 1.807) is 67.6 Å². The van der Waals surface area contributed by atoms with Crippen LogP contribution in [0.25, 0.3) is 0 Å². The molecule has 8 nitrogen and oxygen atoms in total. The Kier molecular flexibility index (Phi) is 7.68.